The molecule has 1 saturated heterocycles. The van der Waals surface area contributed by atoms with Crippen LogP contribution < -0.4 is 15.5 Å². The molecule has 1 aromatic carbocycles. The van der Waals surface area contributed by atoms with Crippen LogP contribution in [-0.4, -0.2) is 57.3 Å². The van der Waals surface area contributed by atoms with Gasteiger partial charge in [-0.2, -0.15) is 0 Å². The molecule has 0 bridgehead atoms. The van der Waals surface area contributed by atoms with E-state index in [1.54, 1.807) is 0 Å². The molecule has 1 fully saturated rings. The molecule has 0 unspecified atom stereocenters. The lowest BCUT2D eigenvalue weighted by Crippen LogP contribution is -2.47. The van der Waals surface area contributed by atoms with Crippen molar-refractivity contribution in [3.05, 3.63) is 22.7 Å². The molecule has 2 aliphatic heterocycles. The fourth-order valence-corrected chi connectivity index (χ4v) is 3.16. The second-order valence-corrected chi connectivity index (χ2v) is 6.08. The van der Waals surface area contributed by atoms with Crippen LogP contribution in [0, 0.1) is 0 Å². The summed E-state index contributed by atoms with van der Waals surface area (Å²) in [6.45, 7) is 9.04. The van der Waals surface area contributed by atoms with Gasteiger partial charge in [0.25, 0.3) is 0 Å². The van der Waals surface area contributed by atoms with Crippen LogP contribution in [0.25, 0.3) is 0 Å². The van der Waals surface area contributed by atoms with Crippen molar-refractivity contribution in [1.29, 1.82) is 0 Å². The van der Waals surface area contributed by atoms with E-state index >= 15 is 0 Å². The lowest BCUT2D eigenvalue weighted by molar-refractivity contribution is 0.245. The van der Waals surface area contributed by atoms with Gasteiger partial charge in [-0.3, -0.25) is 4.90 Å². The summed E-state index contributed by atoms with van der Waals surface area (Å²) in [5.41, 5.74) is 2.59. The van der Waals surface area contributed by atoms with Crippen LogP contribution in [0.5, 0.6) is 0 Å². The Morgan fingerprint density at radius 3 is 2.74 bits per heavy atom. The lowest BCUT2D eigenvalue weighted by atomic mass is 10.2. The molecular weight excluding hydrogens is 304 g/mol. The third-order valence-corrected chi connectivity index (χ3v) is 4.39. The van der Waals surface area contributed by atoms with E-state index in [2.05, 4.69) is 54.6 Å². The predicted octanol–water partition coefficient (Wildman–Crippen LogP) is 1.59. The van der Waals surface area contributed by atoms with Crippen LogP contribution in [0.2, 0.25) is 0 Å². The standard InChI is InChI=1S/C14H21BrN4/c15-12-1-2-14-13(11-12)17-5-8-19(14)10-9-18-6-3-16-4-7-18/h1-2,11,16-17H,3-10H2. The number of rotatable bonds is 3. The lowest BCUT2D eigenvalue weighted by Gasteiger charge is -2.35. The summed E-state index contributed by atoms with van der Waals surface area (Å²) in [4.78, 5) is 5.05. The quantitative estimate of drug-likeness (QED) is 0.884. The Hall–Kier alpha value is -0.780. The summed E-state index contributed by atoms with van der Waals surface area (Å²) < 4.78 is 1.14. The van der Waals surface area contributed by atoms with Crippen LogP contribution in [0.1, 0.15) is 0 Å². The van der Waals surface area contributed by atoms with Crippen molar-refractivity contribution in [2.75, 3.05) is 62.6 Å². The smallest absolute Gasteiger partial charge is 0.0603 e. The minimum absolute atomic E-state index is 1.03. The Kier molecular flexibility index (Phi) is 4.25. The highest BCUT2D eigenvalue weighted by molar-refractivity contribution is 9.10. The minimum atomic E-state index is 1.03. The second kappa shape index (κ2) is 6.11. The highest BCUT2D eigenvalue weighted by Crippen LogP contribution is 2.31. The van der Waals surface area contributed by atoms with E-state index in [1.807, 2.05) is 0 Å². The Morgan fingerprint density at radius 1 is 1.05 bits per heavy atom. The van der Waals surface area contributed by atoms with Crippen LogP contribution >= 0.6 is 15.9 Å². The first kappa shape index (κ1) is 13.2. The highest BCUT2D eigenvalue weighted by Gasteiger charge is 2.17. The number of hydrogen-bond acceptors (Lipinski definition) is 4. The van der Waals surface area contributed by atoms with E-state index in [-0.39, 0.29) is 0 Å². The third kappa shape index (κ3) is 3.22. The van der Waals surface area contributed by atoms with Gasteiger partial charge in [-0.25, -0.2) is 0 Å². The zero-order valence-corrected chi connectivity index (χ0v) is 12.7. The number of nitrogens with one attached hydrogen (secondary N) is 2. The van der Waals surface area contributed by atoms with Gasteiger partial charge in [-0.1, -0.05) is 15.9 Å². The molecule has 3 rings (SSSR count). The van der Waals surface area contributed by atoms with Crippen molar-refractivity contribution < 1.29 is 0 Å². The van der Waals surface area contributed by atoms with Crippen molar-refractivity contribution in [2.24, 2.45) is 0 Å². The first-order chi connectivity index (χ1) is 9.33. The molecule has 1 aromatic rings. The molecule has 5 heteroatoms. The minimum Gasteiger partial charge on any atom is -0.382 e. The normalized spacial score (nSPS) is 19.9. The molecule has 2 heterocycles. The first-order valence-corrected chi connectivity index (χ1v) is 7.84. The van der Waals surface area contributed by atoms with Crippen molar-refractivity contribution in [3.8, 4) is 0 Å². The zero-order chi connectivity index (χ0) is 13.1. The number of anilines is 2. The maximum Gasteiger partial charge on any atom is 0.0603 e. The molecule has 0 spiro atoms. The van der Waals surface area contributed by atoms with Gasteiger partial charge in [0, 0.05) is 56.8 Å². The molecule has 0 amide bonds. The van der Waals surface area contributed by atoms with Crippen molar-refractivity contribution >= 4 is 27.3 Å². The van der Waals surface area contributed by atoms with Crippen LogP contribution in [0.4, 0.5) is 11.4 Å². The highest BCUT2D eigenvalue weighted by atomic mass is 79.9. The average Bonchev–Trinajstić information content (AvgIpc) is 2.45. The summed E-state index contributed by atoms with van der Waals surface area (Å²) in [5, 5.41) is 6.88. The number of piperazine rings is 1. The Labute approximate surface area is 123 Å². The van der Waals surface area contributed by atoms with E-state index in [9.17, 15) is 0 Å². The summed E-state index contributed by atoms with van der Waals surface area (Å²) in [6.07, 6.45) is 0. The monoisotopic (exact) mass is 324 g/mol. The topological polar surface area (TPSA) is 30.5 Å². The van der Waals surface area contributed by atoms with E-state index in [1.165, 1.54) is 24.5 Å². The van der Waals surface area contributed by atoms with Gasteiger partial charge >= 0.3 is 0 Å². The summed E-state index contributed by atoms with van der Waals surface area (Å²) in [5.74, 6) is 0. The van der Waals surface area contributed by atoms with Gasteiger partial charge < -0.3 is 15.5 Å². The molecule has 2 N–H and O–H groups in total. The Bertz CT molecular complexity index is 431. The van der Waals surface area contributed by atoms with E-state index in [0.717, 1.165) is 43.7 Å². The SMILES string of the molecule is Brc1ccc2c(c1)NCCN2CCN1CCNCC1. The van der Waals surface area contributed by atoms with E-state index in [4.69, 9.17) is 0 Å². The fraction of sp³-hybridized carbons (Fsp3) is 0.571. The van der Waals surface area contributed by atoms with Crippen LogP contribution in [0.3, 0.4) is 0 Å². The maximum atomic E-state index is 3.54. The maximum absolute atomic E-state index is 3.54. The summed E-state index contributed by atoms with van der Waals surface area (Å²) in [7, 11) is 0. The van der Waals surface area contributed by atoms with Crippen LogP contribution in [0.15, 0.2) is 22.7 Å². The van der Waals surface area contributed by atoms with Gasteiger partial charge in [0.15, 0.2) is 0 Å². The molecule has 2 aliphatic rings. The molecule has 0 aliphatic carbocycles. The summed E-state index contributed by atoms with van der Waals surface area (Å²) >= 11 is 3.54. The third-order valence-electron chi connectivity index (χ3n) is 3.89. The van der Waals surface area contributed by atoms with E-state index in [0.29, 0.717) is 0 Å². The van der Waals surface area contributed by atoms with Crippen LogP contribution in [-0.2, 0) is 0 Å². The van der Waals surface area contributed by atoms with Gasteiger partial charge in [0.05, 0.1) is 11.4 Å². The van der Waals surface area contributed by atoms with Gasteiger partial charge in [-0.05, 0) is 18.2 Å². The van der Waals surface area contributed by atoms with Gasteiger partial charge in [-0.15, -0.1) is 0 Å². The number of fused-ring (bicyclic) bond motifs is 1. The second-order valence-electron chi connectivity index (χ2n) is 5.17. The van der Waals surface area contributed by atoms with Crippen molar-refractivity contribution in [1.82, 2.24) is 10.2 Å². The molecule has 0 radical (unpaired) electrons. The van der Waals surface area contributed by atoms with Gasteiger partial charge in [0.1, 0.15) is 0 Å². The molecule has 0 atom stereocenters. The molecule has 4 nitrogen and oxygen atoms in total. The number of benzene rings is 1. The van der Waals surface area contributed by atoms with Crippen molar-refractivity contribution in [2.45, 2.75) is 0 Å². The largest absolute Gasteiger partial charge is 0.382 e. The summed E-state index contributed by atoms with van der Waals surface area (Å²) in [6, 6.07) is 6.51. The number of nitrogens with zero attached hydrogens (tertiary/aromatic N) is 2. The number of hydrogen-bond donors (Lipinski definition) is 2. The number of halogens is 1. The van der Waals surface area contributed by atoms with E-state index < -0.39 is 0 Å². The Morgan fingerprint density at radius 2 is 1.89 bits per heavy atom. The molecular formula is C14H21BrN4. The Balaban J connectivity index is 1.63. The zero-order valence-electron chi connectivity index (χ0n) is 11.2. The average molecular weight is 325 g/mol. The van der Waals surface area contributed by atoms with Gasteiger partial charge in [0.2, 0.25) is 0 Å². The fourth-order valence-electron chi connectivity index (χ4n) is 2.80. The molecule has 104 valence electrons. The molecule has 0 aromatic heterocycles. The first-order valence-electron chi connectivity index (χ1n) is 7.04. The molecule has 0 saturated carbocycles. The predicted molar refractivity (Wildman–Crippen MR) is 84.2 cm³/mol. The van der Waals surface area contributed by atoms with Crippen molar-refractivity contribution in [3.63, 3.8) is 0 Å². The molecule has 19 heavy (non-hydrogen) atoms.